The summed E-state index contributed by atoms with van der Waals surface area (Å²) in [6.45, 7) is 3.38. The fourth-order valence-electron chi connectivity index (χ4n) is 3.32. The number of likely N-dealkylation sites (N-methyl/N-ethyl adjacent to an activating group) is 1. The molecule has 0 fully saturated rings. The molecule has 7 nitrogen and oxygen atoms in total. The molecule has 3 N–H and O–H groups in total. The van der Waals surface area contributed by atoms with Crippen LogP contribution in [0.1, 0.15) is 29.4 Å². The summed E-state index contributed by atoms with van der Waals surface area (Å²) in [6.07, 6.45) is 1.64. The molecule has 0 aliphatic rings. The first kappa shape index (κ1) is 23.1. The number of nitrogens with zero attached hydrogens (tertiary/aromatic N) is 2. The van der Waals surface area contributed by atoms with Crippen molar-refractivity contribution < 1.29 is 14.0 Å². The monoisotopic (exact) mass is 437 g/mol. The number of hydrogen-bond donors (Lipinski definition) is 3. The minimum Gasteiger partial charge on any atom is -0.352 e. The van der Waals surface area contributed by atoms with Crippen LogP contribution in [0, 0.1) is 5.82 Å². The highest BCUT2D eigenvalue weighted by atomic mass is 19.1. The van der Waals surface area contributed by atoms with Gasteiger partial charge in [-0.1, -0.05) is 6.07 Å². The molecule has 2 amide bonds. The van der Waals surface area contributed by atoms with Crippen LogP contribution in [0.25, 0.3) is 11.3 Å². The van der Waals surface area contributed by atoms with Gasteiger partial charge in [-0.2, -0.15) is 5.10 Å². The van der Waals surface area contributed by atoms with Gasteiger partial charge in [0, 0.05) is 29.1 Å². The minimum absolute atomic E-state index is 0.138. The van der Waals surface area contributed by atoms with E-state index in [0.717, 1.165) is 36.3 Å². The Kier molecular flexibility index (Phi) is 8.10. The van der Waals surface area contributed by atoms with Crippen molar-refractivity contribution in [2.75, 3.05) is 32.0 Å². The van der Waals surface area contributed by atoms with E-state index in [-0.39, 0.29) is 24.2 Å². The maximum Gasteiger partial charge on any atom is 0.251 e. The molecule has 0 saturated carbocycles. The number of aromatic amines is 1. The number of amides is 2. The van der Waals surface area contributed by atoms with Gasteiger partial charge in [0.15, 0.2) is 0 Å². The van der Waals surface area contributed by atoms with Crippen molar-refractivity contribution in [3.05, 3.63) is 71.7 Å². The van der Waals surface area contributed by atoms with Crippen molar-refractivity contribution in [2.45, 2.75) is 19.8 Å². The molecule has 0 radical (unpaired) electrons. The standard InChI is InChI=1S/C24H28FN5O2/c1-3-26-24(32)18-6-4-7-20(14-18)27-23(31)16-30(2)13-5-8-21-15-22(29-28-21)17-9-11-19(25)12-10-17/h4,6-7,9-12,14-15H,3,5,8,13,16H2,1-2H3,(H,26,32)(H,27,31)(H,28,29). The third-order valence-corrected chi connectivity index (χ3v) is 4.92. The van der Waals surface area contributed by atoms with Gasteiger partial charge in [0.25, 0.3) is 5.91 Å². The van der Waals surface area contributed by atoms with Crippen molar-refractivity contribution >= 4 is 17.5 Å². The third-order valence-electron chi connectivity index (χ3n) is 4.92. The van der Waals surface area contributed by atoms with Gasteiger partial charge < -0.3 is 10.6 Å². The second-order valence-electron chi connectivity index (χ2n) is 7.62. The van der Waals surface area contributed by atoms with Gasteiger partial charge in [-0.3, -0.25) is 19.6 Å². The van der Waals surface area contributed by atoms with Crippen LogP contribution in [0.15, 0.2) is 54.6 Å². The molecular formula is C24H28FN5O2. The van der Waals surface area contributed by atoms with Crippen molar-refractivity contribution in [1.82, 2.24) is 20.4 Å². The summed E-state index contributed by atoms with van der Waals surface area (Å²) in [7, 11) is 1.89. The summed E-state index contributed by atoms with van der Waals surface area (Å²) in [5.74, 6) is -0.575. The Labute approximate surface area is 187 Å². The molecule has 0 bridgehead atoms. The van der Waals surface area contributed by atoms with Crippen molar-refractivity contribution in [3.8, 4) is 11.3 Å². The third kappa shape index (κ3) is 6.75. The minimum atomic E-state index is -0.272. The van der Waals surface area contributed by atoms with Crippen molar-refractivity contribution in [1.29, 1.82) is 0 Å². The normalized spacial score (nSPS) is 10.9. The smallest absolute Gasteiger partial charge is 0.251 e. The Bertz CT molecular complexity index is 1050. The second kappa shape index (κ2) is 11.2. The lowest BCUT2D eigenvalue weighted by molar-refractivity contribution is -0.117. The molecule has 32 heavy (non-hydrogen) atoms. The van der Waals surface area contributed by atoms with Crippen LogP contribution < -0.4 is 10.6 Å². The summed E-state index contributed by atoms with van der Waals surface area (Å²) < 4.78 is 13.1. The summed E-state index contributed by atoms with van der Waals surface area (Å²) >= 11 is 0. The lowest BCUT2D eigenvalue weighted by Gasteiger charge is -2.16. The van der Waals surface area contributed by atoms with Crippen molar-refractivity contribution in [2.24, 2.45) is 0 Å². The number of aryl methyl sites for hydroxylation is 1. The SMILES string of the molecule is CCNC(=O)c1cccc(NC(=O)CN(C)CCCc2cc(-c3ccc(F)cc3)n[nH]2)c1. The van der Waals surface area contributed by atoms with E-state index in [1.54, 1.807) is 36.4 Å². The average molecular weight is 438 g/mol. The Morgan fingerprint density at radius 2 is 1.91 bits per heavy atom. The van der Waals surface area contributed by atoms with E-state index < -0.39 is 0 Å². The van der Waals surface area contributed by atoms with Gasteiger partial charge in [-0.15, -0.1) is 0 Å². The number of H-pyrrole nitrogens is 1. The van der Waals surface area contributed by atoms with Crippen LogP contribution >= 0.6 is 0 Å². The molecule has 168 valence electrons. The Balaban J connectivity index is 1.43. The average Bonchev–Trinajstić information content (AvgIpc) is 3.23. The van der Waals surface area contributed by atoms with Gasteiger partial charge in [0.2, 0.25) is 5.91 Å². The highest BCUT2D eigenvalue weighted by molar-refractivity contribution is 5.97. The molecule has 0 atom stereocenters. The van der Waals surface area contributed by atoms with Gasteiger partial charge in [-0.25, -0.2) is 4.39 Å². The number of rotatable bonds is 10. The Hall–Kier alpha value is -3.52. The van der Waals surface area contributed by atoms with E-state index in [9.17, 15) is 14.0 Å². The summed E-state index contributed by atoms with van der Waals surface area (Å²) in [5, 5.41) is 12.9. The summed E-state index contributed by atoms with van der Waals surface area (Å²) in [4.78, 5) is 26.2. The zero-order valence-corrected chi connectivity index (χ0v) is 18.3. The molecule has 1 heterocycles. The molecule has 0 spiro atoms. The quantitative estimate of drug-likeness (QED) is 0.453. The van der Waals surface area contributed by atoms with Crippen LogP contribution in [0.2, 0.25) is 0 Å². The Morgan fingerprint density at radius 1 is 1.12 bits per heavy atom. The van der Waals surface area contributed by atoms with Gasteiger partial charge in [0.1, 0.15) is 5.82 Å². The molecule has 1 aromatic heterocycles. The van der Waals surface area contributed by atoms with E-state index in [2.05, 4.69) is 20.8 Å². The molecular weight excluding hydrogens is 409 g/mol. The first-order chi connectivity index (χ1) is 15.4. The molecule has 2 aromatic carbocycles. The van der Waals surface area contributed by atoms with Crippen molar-refractivity contribution in [3.63, 3.8) is 0 Å². The van der Waals surface area contributed by atoms with Gasteiger partial charge in [0.05, 0.1) is 12.2 Å². The lowest BCUT2D eigenvalue weighted by Crippen LogP contribution is -2.31. The molecule has 3 aromatic rings. The predicted molar refractivity (Wildman–Crippen MR) is 123 cm³/mol. The van der Waals surface area contributed by atoms with E-state index in [4.69, 9.17) is 0 Å². The fourth-order valence-corrected chi connectivity index (χ4v) is 3.32. The molecule has 0 unspecified atom stereocenters. The number of anilines is 1. The van der Waals surface area contributed by atoms with Gasteiger partial charge in [-0.05, 0) is 81.9 Å². The molecule has 0 aliphatic heterocycles. The van der Waals surface area contributed by atoms with Crippen LogP contribution in [-0.4, -0.2) is 53.6 Å². The number of nitrogens with one attached hydrogen (secondary N) is 3. The maximum atomic E-state index is 13.1. The number of aromatic nitrogens is 2. The van der Waals surface area contributed by atoms with E-state index in [1.165, 1.54) is 12.1 Å². The maximum absolute atomic E-state index is 13.1. The largest absolute Gasteiger partial charge is 0.352 e. The zero-order chi connectivity index (χ0) is 22.9. The summed E-state index contributed by atoms with van der Waals surface area (Å²) in [6, 6.07) is 15.1. The van der Waals surface area contributed by atoms with Crippen LogP contribution in [-0.2, 0) is 11.2 Å². The first-order valence-electron chi connectivity index (χ1n) is 10.6. The van der Waals surface area contributed by atoms with Gasteiger partial charge >= 0.3 is 0 Å². The number of hydrogen-bond acceptors (Lipinski definition) is 4. The van der Waals surface area contributed by atoms with E-state index >= 15 is 0 Å². The summed E-state index contributed by atoms with van der Waals surface area (Å²) in [5.41, 5.74) is 3.74. The lowest BCUT2D eigenvalue weighted by atomic mass is 10.1. The van der Waals surface area contributed by atoms with Crippen LogP contribution in [0.3, 0.4) is 0 Å². The number of halogens is 1. The molecule has 0 saturated heterocycles. The number of carbonyl (C=O) groups excluding carboxylic acids is 2. The van der Waals surface area contributed by atoms with E-state index in [1.807, 2.05) is 24.9 Å². The van der Waals surface area contributed by atoms with E-state index in [0.29, 0.717) is 17.8 Å². The van der Waals surface area contributed by atoms with Crippen LogP contribution in [0.4, 0.5) is 10.1 Å². The Morgan fingerprint density at radius 3 is 2.66 bits per heavy atom. The predicted octanol–water partition coefficient (Wildman–Crippen LogP) is 3.47. The topological polar surface area (TPSA) is 90.1 Å². The molecule has 0 aliphatic carbocycles. The van der Waals surface area contributed by atoms with Crippen LogP contribution in [0.5, 0.6) is 0 Å². The highest BCUT2D eigenvalue weighted by Crippen LogP contribution is 2.18. The number of benzene rings is 2. The zero-order valence-electron chi connectivity index (χ0n) is 18.3. The second-order valence-corrected chi connectivity index (χ2v) is 7.62. The fraction of sp³-hybridized carbons (Fsp3) is 0.292. The molecule has 8 heteroatoms. The first-order valence-corrected chi connectivity index (χ1v) is 10.6. The molecule has 3 rings (SSSR count). The highest BCUT2D eigenvalue weighted by Gasteiger charge is 2.10. The number of carbonyl (C=O) groups is 2.